The summed E-state index contributed by atoms with van der Waals surface area (Å²) < 4.78 is 6.92. The lowest BCUT2D eigenvalue weighted by atomic mass is 10.0. The van der Waals surface area contributed by atoms with Crippen LogP contribution in [0.1, 0.15) is 55.4 Å². The molecule has 1 amide bonds. The van der Waals surface area contributed by atoms with Crippen molar-refractivity contribution in [3.8, 4) is 0 Å². The van der Waals surface area contributed by atoms with Gasteiger partial charge in [-0.3, -0.25) is 9.89 Å². The largest absolute Gasteiger partial charge is 0.465 e. The molecular weight excluding hydrogens is 482 g/mol. The van der Waals surface area contributed by atoms with E-state index in [0.717, 1.165) is 11.3 Å². The molecule has 0 saturated carbocycles. The van der Waals surface area contributed by atoms with Crippen molar-refractivity contribution in [3.05, 3.63) is 89.8 Å². The molecule has 0 aliphatic carbocycles. The minimum Gasteiger partial charge on any atom is -0.465 e. The van der Waals surface area contributed by atoms with Crippen molar-refractivity contribution in [3.63, 3.8) is 0 Å². The molecular formula is C29H35N3O4Si. The second-order valence-corrected chi connectivity index (χ2v) is 14.9. The average molecular weight is 518 g/mol. The molecule has 0 saturated heterocycles. The second-order valence-electron chi connectivity index (χ2n) is 10.6. The topological polar surface area (TPSA) is 95.5 Å². The lowest BCUT2D eigenvalue weighted by Gasteiger charge is -2.43. The number of carbonyl (C=O) groups is 2. The fourth-order valence-electron chi connectivity index (χ4n) is 5.14. The maximum absolute atomic E-state index is 13.1. The van der Waals surface area contributed by atoms with E-state index in [1.165, 1.54) is 15.3 Å². The number of hydrogen-bond donors (Lipinski definition) is 2. The molecule has 4 rings (SSSR count). The first-order valence-electron chi connectivity index (χ1n) is 12.6. The Labute approximate surface area is 219 Å². The quantitative estimate of drug-likeness (QED) is 0.247. The van der Waals surface area contributed by atoms with Crippen LogP contribution in [0.15, 0.2) is 72.8 Å². The molecule has 0 fully saturated rings. The Balaban J connectivity index is 1.48. The van der Waals surface area contributed by atoms with Gasteiger partial charge in [0.1, 0.15) is 5.69 Å². The third-order valence-electron chi connectivity index (χ3n) is 7.08. The number of aromatic nitrogens is 2. The molecule has 0 atom stereocenters. The van der Waals surface area contributed by atoms with Gasteiger partial charge in [-0.1, -0.05) is 93.6 Å². The third kappa shape index (κ3) is 5.45. The molecule has 2 N–H and O–H groups in total. The minimum atomic E-state index is -2.68. The lowest BCUT2D eigenvalue weighted by molar-refractivity contribution is 0.0973. The summed E-state index contributed by atoms with van der Waals surface area (Å²) in [5, 5.41) is 18.7. The second kappa shape index (κ2) is 10.9. The number of carbonyl (C=O) groups excluding carboxylic acids is 1. The molecule has 0 unspecified atom stereocenters. The summed E-state index contributed by atoms with van der Waals surface area (Å²) >= 11 is 0. The molecule has 0 radical (unpaired) electrons. The van der Waals surface area contributed by atoms with E-state index in [9.17, 15) is 14.7 Å². The van der Waals surface area contributed by atoms with Crippen LogP contribution in [0, 0.1) is 0 Å². The third-order valence-corrected chi connectivity index (χ3v) is 12.1. The highest BCUT2D eigenvalue weighted by atomic mass is 28.4. The van der Waals surface area contributed by atoms with Crippen LogP contribution in [0.2, 0.25) is 5.04 Å². The predicted molar refractivity (Wildman–Crippen MR) is 147 cm³/mol. The smallest absolute Gasteiger partial charge is 0.407 e. The van der Waals surface area contributed by atoms with Crippen molar-refractivity contribution in [1.29, 1.82) is 0 Å². The number of aromatic amines is 1. The van der Waals surface area contributed by atoms with Crippen LogP contribution in [-0.4, -0.2) is 53.5 Å². The first-order chi connectivity index (χ1) is 17.6. The van der Waals surface area contributed by atoms with Gasteiger partial charge in [-0.05, 0) is 21.8 Å². The number of nitrogens with zero attached hydrogens (tertiary/aromatic N) is 2. The Hall–Kier alpha value is -3.49. The van der Waals surface area contributed by atoms with Crippen molar-refractivity contribution >= 4 is 30.6 Å². The maximum atomic E-state index is 13.1. The molecule has 8 heteroatoms. The van der Waals surface area contributed by atoms with E-state index in [1.54, 1.807) is 0 Å². The van der Waals surface area contributed by atoms with Gasteiger partial charge in [-0.2, -0.15) is 5.10 Å². The zero-order valence-corrected chi connectivity index (χ0v) is 22.8. The summed E-state index contributed by atoms with van der Waals surface area (Å²) in [4.78, 5) is 25.8. The van der Waals surface area contributed by atoms with E-state index in [2.05, 4.69) is 86.1 Å². The summed E-state index contributed by atoms with van der Waals surface area (Å²) in [7, 11) is -2.68. The van der Waals surface area contributed by atoms with Gasteiger partial charge in [0.15, 0.2) is 5.78 Å². The summed E-state index contributed by atoms with van der Waals surface area (Å²) in [5.74, 6) is -0.0902. The first kappa shape index (κ1) is 26.6. The molecule has 0 spiro atoms. The molecule has 2 aromatic carbocycles. The number of rotatable bonds is 9. The van der Waals surface area contributed by atoms with E-state index >= 15 is 0 Å². The molecule has 194 valence electrons. The van der Waals surface area contributed by atoms with Gasteiger partial charge in [0.05, 0.1) is 18.8 Å². The normalized spacial score (nSPS) is 13.8. The molecule has 0 bridgehead atoms. The Bertz CT molecular complexity index is 1230. The minimum absolute atomic E-state index is 0.0902. The van der Waals surface area contributed by atoms with Gasteiger partial charge >= 0.3 is 6.09 Å². The van der Waals surface area contributed by atoms with E-state index in [-0.39, 0.29) is 23.8 Å². The van der Waals surface area contributed by atoms with Crippen LogP contribution in [0.25, 0.3) is 0 Å². The van der Waals surface area contributed by atoms with Crippen molar-refractivity contribution < 1.29 is 19.1 Å². The van der Waals surface area contributed by atoms with E-state index in [4.69, 9.17) is 4.43 Å². The highest BCUT2D eigenvalue weighted by Crippen LogP contribution is 2.37. The van der Waals surface area contributed by atoms with Crippen LogP contribution in [-0.2, 0) is 17.4 Å². The summed E-state index contributed by atoms with van der Waals surface area (Å²) in [6.07, 6.45) is 0.252. The molecule has 2 heterocycles. The number of fused-ring (bicyclic) bond motifs is 1. The molecule has 1 aliphatic heterocycles. The Morgan fingerprint density at radius 3 is 2.19 bits per heavy atom. The van der Waals surface area contributed by atoms with Gasteiger partial charge in [0, 0.05) is 24.9 Å². The Morgan fingerprint density at radius 2 is 1.65 bits per heavy atom. The summed E-state index contributed by atoms with van der Waals surface area (Å²) in [6, 6.07) is 20.9. The lowest BCUT2D eigenvalue weighted by Crippen LogP contribution is -2.66. The van der Waals surface area contributed by atoms with Crippen molar-refractivity contribution in [2.45, 2.75) is 51.6 Å². The maximum Gasteiger partial charge on any atom is 0.407 e. The van der Waals surface area contributed by atoms with Crippen molar-refractivity contribution in [2.75, 3.05) is 13.2 Å². The van der Waals surface area contributed by atoms with E-state index in [0.29, 0.717) is 37.3 Å². The van der Waals surface area contributed by atoms with Gasteiger partial charge < -0.3 is 14.4 Å². The first-order valence-corrected chi connectivity index (χ1v) is 14.5. The molecule has 3 aromatic rings. The average Bonchev–Trinajstić information content (AvgIpc) is 3.31. The van der Waals surface area contributed by atoms with Crippen molar-refractivity contribution in [2.24, 2.45) is 0 Å². The van der Waals surface area contributed by atoms with Crippen LogP contribution in [0.4, 0.5) is 4.79 Å². The number of carboxylic acid groups (broad SMARTS) is 1. The monoisotopic (exact) mass is 517 g/mol. The van der Waals surface area contributed by atoms with Crippen LogP contribution in [0.3, 0.4) is 0 Å². The highest BCUT2D eigenvalue weighted by Gasteiger charge is 2.50. The molecule has 37 heavy (non-hydrogen) atoms. The summed E-state index contributed by atoms with van der Waals surface area (Å²) in [5.41, 5.74) is 2.71. The van der Waals surface area contributed by atoms with Gasteiger partial charge in [-0.25, -0.2) is 4.79 Å². The SMILES string of the molecule is C=C(CCC(=O)c1[nH]nc2c1CN(C(=O)O)CC2)CO[Si](c1ccccc1)(c1ccccc1)C(C)(C)C. The zero-order chi connectivity index (χ0) is 26.6. The van der Waals surface area contributed by atoms with E-state index < -0.39 is 14.4 Å². The van der Waals surface area contributed by atoms with Gasteiger partial charge in [0.25, 0.3) is 8.32 Å². The van der Waals surface area contributed by atoms with E-state index in [1.807, 2.05) is 12.1 Å². The summed E-state index contributed by atoms with van der Waals surface area (Å²) in [6.45, 7) is 11.8. The zero-order valence-electron chi connectivity index (χ0n) is 21.8. The Kier molecular flexibility index (Phi) is 7.80. The van der Waals surface area contributed by atoms with Crippen molar-refractivity contribution in [1.82, 2.24) is 15.1 Å². The van der Waals surface area contributed by atoms with Gasteiger partial charge in [-0.15, -0.1) is 0 Å². The fourth-order valence-corrected chi connectivity index (χ4v) is 9.72. The number of benzene rings is 2. The fraction of sp³-hybridized carbons (Fsp3) is 0.345. The number of nitrogens with one attached hydrogen (secondary N) is 1. The Morgan fingerprint density at radius 1 is 1.05 bits per heavy atom. The number of H-pyrrole nitrogens is 1. The van der Waals surface area contributed by atoms with Crippen LogP contribution < -0.4 is 10.4 Å². The standard InChI is InChI=1S/C29H35N3O4Si/c1-21(15-16-26(33)27-24-19-32(28(34)35)18-17-25(24)30-31-27)20-36-37(29(2,3)4,22-11-7-5-8-12-22)23-13-9-6-10-14-23/h5-14H,1,15-20H2,2-4H3,(H,30,31)(H,34,35). The number of Topliss-reactive ketones (excluding diaryl/α,β-unsaturated/α-hetero) is 1. The number of hydrogen-bond acceptors (Lipinski definition) is 4. The molecule has 1 aliphatic rings. The van der Waals surface area contributed by atoms with Crippen LogP contribution in [0.5, 0.6) is 0 Å². The molecule has 7 nitrogen and oxygen atoms in total. The molecule has 1 aromatic heterocycles. The number of ketones is 1. The van der Waals surface area contributed by atoms with Crippen LogP contribution >= 0.6 is 0 Å². The predicted octanol–water partition coefficient (Wildman–Crippen LogP) is 4.54. The number of amides is 1. The van der Waals surface area contributed by atoms with Gasteiger partial charge in [0.2, 0.25) is 0 Å². The highest BCUT2D eigenvalue weighted by molar-refractivity contribution is 6.99.